The molecule has 2 aliphatic carbocycles. The van der Waals surface area contributed by atoms with Crippen LogP contribution in [0.3, 0.4) is 0 Å². The number of nitrogens with one attached hydrogen (secondary N) is 1. The number of fused-ring (bicyclic) bond motifs is 1. The summed E-state index contributed by atoms with van der Waals surface area (Å²) in [7, 11) is 0. The summed E-state index contributed by atoms with van der Waals surface area (Å²) in [6.07, 6.45) is 17.8. The van der Waals surface area contributed by atoms with Crippen LogP contribution < -0.4 is 5.32 Å². The Labute approximate surface area is 178 Å². The van der Waals surface area contributed by atoms with E-state index in [4.69, 9.17) is 0 Å². The fraction of sp³-hybridized carbons (Fsp3) is 0.630. The maximum absolute atomic E-state index is 10.6. The summed E-state index contributed by atoms with van der Waals surface area (Å²) in [5.41, 5.74) is 4.41. The van der Waals surface area contributed by atoms with Crippen LogP contribution in [0, 0.1) is 24.7 Å². The van der Waals surface area contributed by atoms with Gasteiger partial charge < -0.3 is 10.4 Å². The zero-order chi connectivity index (χ0) is 20.5. The molecular weight excluding hydrogens is 354 g/mol. The monoisotopic (exact) mass is 395 g/mol. The van der Waals surface area contributed by atoms with Crippen molar-refractivity contribution in [2.45, 2.75) is 77.7 Å². The molecule has 0 radical (unpaired) electrons. The highest BCUT2D eigenvalue weighted by atomic mass is 16.3. The lowest BCUT2D eigenvalue weighted by Gasteiger charge is -2.18. The molecule has 1 aromatic carbocycles. The number of rotatable bonds is 12. The second kappa shape index (κ2) is 11.7. The summed E-state index contributed by atoms with van der Waals surface area (Å²) < 4.78 is 0. The third-order valence-electron chi connectivity index (χ3n) is 6.77. The van der Waals surface area contributed by atoms with Gasteiger partial charge >= 0.3 is 0 Å². The minimum atomic E-state index is -0.150. The maximum atomic E-state index is 10.6. The van der Waals surface area contributed by atoms with Gasteiger partial charge in [-0.3, -0.25) is 0 Å². The number of hydrogen-bond acceptors (Lipinski definition) is 2. The van der Waals surface area contributed by atoms with Crippen LogP contribution >= 0.6 is 0 Å². The average molecular weight is 396 g/mol. The second-order valence-corrected chi connectivity index (χ2v) is 9.25. The van der Waals surface area contributed by atoms with Crippen molar-refractivity contribution in [1.29, 1.82) is 0 Å². The number of allylic oxidation sites excluding steroid dienone is 3. The van der Waals surface area contributed by atoms with E-state index in [1.54, 1.807) is 5.57 Å². The lowest BCUT2D eigenvalue weighted by Crippen LogP contribution is -2.17. The zero-order valence-electron chi connectivity index (χ0n) is 18.6. The van der Waals surface area contributed by atoms with Crippen LogP contribution in [0.25, 0.3) is 0 Å². The summed E-state index contributed by atoms with van der Waals surface area (Å²) in [6, 6.07) is 8.80. The van der Waals surface area contributed by atoms with Crippen LogP contribution in [-0.4, -0.2) is 24.3 Å². The van der Waals surface area contributed by atoms with Gasteiger partial charge in [0, 0.05) is 5.92 Å². The first-order valence-electron chi connectivity index (χ1n) is 12.0. The molecule has 0 bridgehead atoms. The van der Waals surface area contributed by atoms with Crippen LogP contribution in [0.1, 0.15) is 69.4 Å². The van der Waals surface area contributed by atoms with Gasteiger partial charge in [0.25, 0.3) is 0 Å². The van der Waals surface area contributed by atoms with Crippen molar-refractivity contribution < 1.29 is 5.11 Å². The van der Waals surface area contributed by atoms with Gasteiger partial charge in [-0.25, -0.2) is 0 Å². The molecule has 4 atom stereocenters. The Kier molecular flexibility index (Phi) is 9.01. The molecule has 0 spiro atoms. The van der Waals surface area contributed by atoms with Crippen molar-refractivity contribution in [2.75, 3.05) is 13.1 Å². The average Bonchev–Trinajstić information content (AvgIpc) is 3.21. The summed E-state index contributed by atoms with van der Waals surface area (Å²) in [4.78, 5) is 0. The first kappa shape index (κ1) is 22.3. The van der Waals surface area contributed by atoms with E-state index in [9.17, 15) is 5.11 Å². The molecule has 0 saturated heterocycles. The van der Waals surface area contributed by atoms with Gasteiger partial charge in [-0.1, -0.05) is 67.0 Å². The lowest BCUT2D eigenvalue weighted by molar-refractivity contribution is 0.141. The molecule has 0 unspecified atom stereocenters. The fourth-order valence-electron chi connectivity index (χ4n) is 5.24. The first-order chi connectivity index (χ1) is 14.2. The van der Waals surface area contributed by atoms with Crippen molar-refractivity contribution in [1.82, 2.24) is 5.32 Å². The Hall–Kier alpha value is -1.38. The Bertz CT molecular complexity index is 677. The van der Waals surface area contributed by atoms with E-state index in [0.717, 1.165) is 25.8 Å². The van der Waals surface area contributed by atoms with E-state index >= 15 is 0 Å². The summed E-state index contributed by atoms with van der Waals surface area (Å²) >= 11 is 0. The van der Waals surface area contributed by atoms with E-state index in [2.05, 4.69) is 61.7 Å². The Morgan fingerprint density at radius 1 is 1.14 bits per heavy atom. The highest BCUT2D eigenvalue weighted by Crippen LogP contribution is 2.48. The molecule has 0 heterocycles. The van der Waals surface area contributed by atoms with E-state index in [-0.39, 0.29) is 6.10 Å². The van der Waals surface area contributed by atoms with Gasteiger partial charge in [-0.15, -0.1) is 0 Å². The third-order valence-corrected chi connectivity index (χ3v) is 6.77. The van der Waals surface area contributed by atoms with Crippen LogP contribution in [0.4, 0.5) is 0 Å². The zero-order valence-corrected chi connectivity index (χ0v) is 18.6. The minimum Gasteiger partial charge on any atom is -0.392 e. The highest BCUT2D eigenvalue weighted by molar-refractivity contribution is 5.23. The summed E-state index contributed by atoms with van der Waals surface area (Å²) in [5, 5.41) is 14.1. The van der Waals surface area contributed by atoms with Crippen molar-refractivity contribution in [2.24, 2.45) is 17.8 Å². The van der Waals surface area contributed by atoms with E-state index < -0.39 is 0 Å². The van der Waals surface area contributed by atoms with E-state index in [0.29, 0.717) is 17.8 Å². The summed E-state index contributed by atoms with van der Waals surface area (Å²) in [5.74, 6) is 1.60. The molecule has 1 aromatic rings. The van der Waals surface area contributed by atoms with Crippen molar-refractivity contribution in [3.8, 4) is 0 Å². The molecular formula is C27H41NO. The normalized spacial score (nSPS) is 26.2. The van der Waals surface area contributed by atoms with Gasteiger partial charge in [-0.2, -0.15) is 0 Å². The van der Waals surface area contributed by atoms with Crippen LogP contribution in [0.2, 0.25) is 0 Å². The van der Waals surface area contributed by atoms with Crippen molar-refractivity contribution in [3.63, 3.8) is 0 Å². The number of unbranched alkanes of at least 4 members (excludes halogenated alkanes) is 2. The molecule has 1 fully saturated rings. The van der Waals surface area contributed by atoms with E-state index in [1.165, 1.54) is 56.2 Å². The number of aliphatic hydroxyl groups is 1. The highest BCUT2D eigenvalue weighted by Gasteiger charge is 2.42. The smallest absolute Gasteiger partial charge is 0.0611 e. The second-order valence-electron chi connectivity index (χ2n) is 9.25. The van der Waals surface area contributed by atoms with Crippen LogP contribution in [-0.2, 0) is 6.42 Å². The molecule has 1 saturated carbocycles. The molecule has 2 nitrogen and oxygen atoms in total. The quantitative estimate of drug-likeness (QED) is 0.337. The van der Waals surface area contributed by atoms with Gasteiger partial charge in [0.15, 0.2) is 0 Å². The fourth-order valence-corrected chi connectivity index (χ4v) is 5.24. The molecule has 2 heteroatoms. The largest absolute Gasteiger partial charge is 0.392 e. The minimum absolute atomic E-state index is 0.150. The predicted octanol–water partition coefficient (Wildman–Crippen LogP) is 5.99. The number of hydrogen-bond donors (Lipinski definition) is 2. The lowest BCUT2D eigenvalue weighted by atomic mass is 9.88. The first-order valence-corrected chi connectivity index (χ1v) is 12.0. The van der Waals surface area contributed by atoms with Gasteiger partial charge in [0.2, 0.25) is 0 Å². The molecule has 2 N–H and O–H groups in total. The Morgan fingerprint density at radius 2 is 2.03 bits per heavy atom. The summed E-state index contributed by atoms with van der Waals surface area (Å²) in [6.45, 7) is 6.69. The Balaban J connectivity index is 1.38. The number of aliphatic hydroxyl groups excluding tert-OH is 1. The number of aryl methyl sites for hydroxylation is 2. The number of benzene rings is 1. The standard InChI is InChI=1S/C27H41NO/c1-3-15-28-16-8-4-5-12-23-18-24-20-27(29)25(26(24)19-23)14-7-6-11-22-13-9-10-21(2)17-22/h7,9-10,13-14,17-18,24-29H,3-6,8,11-12,15-16,19-20H2,1-2H3/b14-7+/t24-,25+,26-,27+/m0/s1. The van der Waals surface area contributed by atoms with Crippen LogP contribution in [0.15, 0.2) is 48.1 Å². The third kappa shape index (κ3) is 6.83. The topological polar surface area (TPSA) is 32.3 Å². The molecule has 0 amide bonds. The van der Waals surface area contributed by atoms with Gasteiger partial charge in [0.05, 0.1) is 6.10 Å². The SMILES string of the molecule is CCCNCCCCCC1=C[C@H]2C[C@@H](O)[C@H](/C=C/CCc3cccc(C)c3)[C@H]2C1. The molecule has 0 aliphatic heterocycles. The molecule has 0 aromatic heterocycles. The molecule has 3 rings (SSSR count). The Morgan fingerprint density at radius 3 is 2.86 bits per heavy atom. The predicted molar refractivity (Wildman–Crippen MR) is 124 cm³/mol. The van der Waals surface area contributed by atoms with Gasteiger partial charge in [-0.05, 0) is 88.8 Å². The molecule has 2 aliphatic rings. The van der Waals surface area contributed by atoms with Gasteiger partial charge in [0.1, 0.15) is 0 Å². The van der Waals surface area contributed by atoms with Crippen LogP contribution in [0.5, 0.6) is 0 Å². The van der Waals surface area contributed by atoms with Crippen molar-refractivity contribution >= 4 is 0 Å². The molecule has 29 heavy (non-hydrogen) atoms. The maximum Gasteiger partial charge on any atom is 0.0611 e. The van der Waals surface area contributed by atoms with E-state index in [1.807, 2.05) is 0 Å². The molecule has 160 valence electrons. The van der Waals surface area contributed by atoms with Crippen molar-refractivity contribution in [3.05, 3.63) is 59.2 Å².